The highest BCUT2D eigenvalue weighted by Gasteiger charge is 2.55. The van der Waals surface area contributed by atoms with Gasteiger partial charge in [-0.15, -0.1) is 0 Å². The highest BCUT2D eigenvalue weighted by Crippen LogP contribution is 2.59. The van der Waals surface area contributed by atoms with E-state index in [0.717, 1.165) is 19.3 Å². The van der Waals surface area contributed by atoms with Gasteiger partial charge in [0.2, 0.25) is 0 Å². The van der Waals surface area contributed by atoms with Crippen LogP contribution in [0.5, 0.6) is 0 Å². The molecule has 0 aromatic heterocycles. The van der Waals surface area contributed by atoms with Gasteiger partial charge in [0.25, 0.3) is 0 Å². The number of carboxylic acid groups (broad SMARTS) is 1. The van der Waals surface area contributed by atoms with Crippen molar-refractivity contribution in [2.45, 2.75) is 45.6 Å². The number of benzene rings is 1. The topological polar surface area (TPSA) is 91.6 Å². The van der Waals surface area contributed by atoms with Crippen LogP contribution < -0.4 is 10.8 Å². The number of fused-ring (bicyclic) bond motifs is 1. The number of hydrogen-bond donors (Lipinski definition) is 1. The van der Waals surface area contributed by atoms with Crippen LogP contribution in [0.1, 0.15) is 51.1 Å². The summed E-state index contributed by atoms with van der Waals surface area (Å²) in [5, 5.41) is 19.7. The molecular formula is C20H26N2O2. The van der Waals surface area contributed by atoms with Crippen molar-refractivity contribution in [1.82, 2.24) is 0 Å². The molecule has 4 heteroatoms. The fourth-order valence-corrected chi connectivity index (χ4v) is 3.83. The van der Waals surface area contributed by atoms with E-state index in [1.165, 1.54) is 11.1 Å². The largest absolute Gasteiger partial charge is 0.550 e. The first-order valence-electron chi connectivity index (χ1n) is 8.60. The summed E-state index contributed by atoms with van der Waals surface area (Å²) < 4.78 is 0. The molecule has 0 saturated heterocycles. The molecule has 0 bridgehead atoms. The number of carboxylic acids is 1. The van der Waals surface area contributed by atoms with Crippen molar-refractivity contribution in [3.05, 3.63) is 47.5 Å². The number of nitrogens with zero attached hydrogens (tertiary/aromatic N) is 1. The summed E-state index contributed by atoms with van der Waals surface area (Å²) in [6, 6.07) is 12.9. The van der Waals surface area contributed by atoms with Crippen molar-refractivity contribution < 1.29 is 15.6 Å². The van der Waals surface area contributed by atoms with Gasteiger partial charge < -0.3 is 15.6 Å². The number of quaternary nitrogens is 1. The van der Waals surface area contributed by atoms with Gasteiger partial charge in [-0.3, -0.25) is 0 Å². The third kappa shape index (κ3) is 3.85. The van der Waals surface area contributed by atoms with E-state index in [0.29, 0.717) is 12.0 Å². The lowest BCUT2D eigenvalue weighted by atomic mass is 9.54. The van der Waals surface area contributed by atoms with Gasteiger partial charge in [-0.05, 0) is 38.0 Å². The molecule has 2 aliphatic rings. The van der Waals surface area contributed by atoms with Gasteiger partial charge in [-0.2, -0.15) is 5.26 Å². The van der Waals surface area contributed by atoms with Gasteiger partial charge in [0, 0.05) is 18.0 Å². The van der Waals surface area contributed by atoms with Gasteiger partial charge in [0.1, 0.15) is 6.04 Å². The molecule has 1 aromatic rings. The molecule has 0 spiro atoms. The Kier molecular flexibility index (Phi) is 5.80. The molecule has 0 aliphatic heterocycles. The fourth-order valence-electron chi connectivity index (χ4n) is 3.83. The second-order valence-electron chi connectivity index (χ2n) is 7.00. The van der Waals surface area contributed by atoms with Crippen molar-refractivity contribution in [1.29, 1.82) is 5.26 Å². The standard InChI is InChI=1S/C12H15NO2.C8H11N/c1-2-8-3-9-5-12(7-13,6-11(14)15)10(9)4-8;1-7(9)8-5-3-2-4-6-8/h4,9-10H,2-3,5-6H2,1H3,(H,14,15);2-7H,9H2,1H3/t9-,10-,12-;7-/m11/s1. The van der Waals surface area contributed by atoms with Crippen LogP contribution in [0.25, 0.3) is 0 Å². The number of carbonyl (C=O) groups excluding carboxylic acids is 1. The summed E-state index contributed by atoms with van der Waals surface area (Å²) in [4.78, 5) is 10.6. The maximum atomic E-state index is 10.6. The van der Waals surface area contributed by atoms with Crippen LogP contribution in [0.15, 0.2) is 42.0 Å². The molecule has 1 saturated carbocycles. The molecule has 0 amide bonds. The number of rotatable bonds is 4. The maximum Gasteiger partial charge on any atom is 0.107 e. The third-order valence-electron chi connectivity index (χ3n) is 5.22. The molecule has 3 rings (SSSR count). The maximum absolute atomic E-state index is 10.6. The molecule has 0 radical (unpaired) electrons. The first-order valence-corrected chi connectivity index (χ1v) is 8.60. The van der Waals surface area contributed by atoms with Crippen LogP contribution in [0.3, 0.4) is 0 Å². The van der Waals surface area contributed by atoms with E-state index in [1.807, 2.05) is 18.2 Å². The van der Waals surface area contributed by atoms with Crippen LogP contribution in [-0.2, 0) is 4.79 Å². The number of hydrogen-bond acceptors (Lipinski definition) is 3. The van der Waals surface area contributed by atoms with E-state index < -0.39 is 11.4 Å². The Morgan fingerprint density at radius 2 is 2.12 bits per heavy atom. The van der Waals surface area contributed by atoms with E-state index >= 15 is 0 Å². The minimum Gasteiger partial charge on any atom is -0.550 e. The Hall–Kier alpha value is -2.12. The Balaban J connectivity index is 0.000000198. The van der Waals surface area contributed by atoms with Crippen LogP contribution in [0.2, 0.25) is 0 Å². The van der Waals surface area contributed by atoms with Gasteiger partial charge >= 0.3 is 0 Å². The summed E-state index contributed by atoms with van der Waals surface area (Å²) in [5.41, 5.74) is 5.92. The van der Waals surface area contributed by atoms with E-state index in [4.69, 9.17) is 5.26 Å². The van der Waals surface area contributed by atoms with E-state index in [9.17, 15) is 9.90 Å². The number of aliphatic carboxylic acids is 1. The molecular weight excluding hydrogens is 300 g/mol. The normalized spacial score (nSPS) is 28.3. The van der Waals surface area contributed by atoms with Crippen molar-refractivity contribution in [2.24, 2.45) is 17.3 Å². The molecule has 1 fully saturated rings. The summed E-state index contributed by atoms with van der Waals surface area (Å²) in [6.45, 7) is 4.19. The van der Waals surface area contributed by atoms with Gasteiger partial charge in [-0.25, -0.2) is 0 Å². The van der Waals surface area contributed by atoms with Crippen LogP contribution in [-0.4, -0.2) is 5.97 Å². The number of allylic oxidation sites excluding steroid dienone is 2. The molecule has 1 aromatic carbocycles. The Morgan fingerprint density at radius 1 is 1.46 bits per heavy atom. The quantitative estimate of drug-likeness (QED) is 0.858. The van der Waals surface area contributed by atoms with E-state index in [-0.39, 0.29) is 12.3 Å². The minimum atomic E-state index is -1.10. The average molecular weight is 326 g/mol. The summed E-state index contributed by atoms with van der Waals surface area (Å²) in [5.74, 6) is -0.428. The molecule has 0 heterocycles. The monoisotopic (exact) mass is 326 g/mol. The molecule has 4 nitrogen and oxygen atoms in total. The zero-order valence-corrected chi connectivity index (χ0v) is 14.5. The highest BCUT2D eigenvalue weighted by atomic mass is 16.4. The summed E-state index contributed by atoms with van der Waals surface area (Å²) in [6.07, 6.45) is 4.80. The molecule has 0 unspecified atom stereocenters. The molecule has 4 atom stereocenters. The molecule has 24 heavy (non-hydrogen) atoms. The first-order chi connectivity index (χ1) is 11.4. The second kappa shape index (κ2) is 7.63. The van der Waals surface area contributed by atoms with Crippen LogP contribution in [0.4, 0.5) is 0 Å². The zero-order chi connectivity index (χ0) is 17.7. The first kappa shape index (κ1) is 18.2. The van der Waals surface area contributed by atoms with E-state index in [1.54, 1.807) is 0 Å². The average Bonchev–Trinajstić information content (AvgIpc) is 2.91. The Labute approximate surface area is 144 Å². The third-order valence-corrected chi connectivity index (χ3v) is 5.22. The molecule has 128 valence electrons. The van der Waals surface area contributed by atoms with Crippen molar-refractivity contribution in [3.63, 3.8) is 0 Å². The fraction of sp³-hybridized carbons (Fsp3) is 0.500. The molecule has 3 N–H and O–H groups in total. The van der Waals surface area contributed by atoms with Crippen LogP contribution >= 0.6 is 0 Å². The van der Waals surface area contributed by atoms with Crippen molar-refractivity contribution >= 4 is 5.97 Å². The lowest BCUT2D eigenvalue weighted by Gasteiger charge is -2.47. The van der Waals surface area contributed by atoms with E-state index in [2.05, 4.69) is 43.9 Å². The summed E-state index contributed by atoms with van der Waals surface area (Å²) >= 11 is 0. The molecule has 2 aliphatic carbocycles. The minimum absolute atomic E-state index is 0.113. The zero-order valence-electron chi connectivity index (χ0n) is 14.5. The number of nitriles is 1. The lowest BCUT2D eigenvalue weighted by molar-refractivity contribution is -0.420. The predicted molar refractivity (Wildman–Crippen MR) is 90.0 cm³/mol. The van der Waals surface area contributed by atoms with Crippen molar-refractivity contribution in [2.75, 3.05) is 0 Å². The number of carbonyl (C=O) groups is 1. The lowest BCUT2D eigenvalue weighted by Crippen LogP contribution is -2.51. The van der Waals surface area contributed by atoms with Crippen LogP contribution in [0, 0.1) is 28.6 Å². The predicted octanol–water partition coefficient (Wildman–Crippen LogP) is 2.00. The van der Waals surface area contributed by atoms with Crippen molar-refractivity contribution in [3.8, 4) is 6.07 Å². The smallest absolute Gasteiger partial charge is 0.107 e. The SMILES string of the molecule is CCC1=C[C@@H]2[C@H](C1)C[C@]2(C#N)CC(=O)[O-].C[C@@H]([NH3+])c1ccccc1. The van der Waals surface area contributed by atoms with Gasteiger partial charge in [0.15, 0.2) is 0 Å². The highest BCUT2D eigenvalue weighted by molar-refractivity contribution is 5.66. The Morgan fingerprint density at radius 3 is 2.58 bits per heavy atom. The van der Waals surface area contributed by atoms with Gasteiger partial charge in [0.05, 0.1) is 11.5 Å². The van der Waals surface area contributed by atoms with Gasteiger partial charge in [-0.1, -0.05) is 48.9 Å². The Bertz CT molecular complexity index is 645. The second-order valence-corrected chi connectivity index (χ2v) is 7.00. The summed E-state index contributed by atoms with van der Waals surface area (Å²) in [7, 11) is 0.